The van der Waals surface area contributed by atoms with Crippen LogP contribution in [0.4, 0.5) is 0 Å². The van der Waals surface area contributed by atoms with Gasteiger partial charge in [0.2, 0.25) is 10.0 Å². The van der Waals surface area contributed by atoms with E-state index in [1.165, 1.54) is 0 Å². The van der Waals surface area contributed by atoms with Crippen LogP contribution in [-0.2, 0) is 16.4 Å². The second kappa shape index (κ2) is 6.58. The fraction of sp³-hybridized carbons (Fsp3) is 0.231. The number of nitrogens with one attached hydrogen (secondary N) is 3. The largest absolute Gasteiger partial charge is 0.497 e. The van der Waals surface area contributed by atoms with Crippen LogP contribution < -0.4 is 20.7 Å². The molecule has 2 aromatic rings. The molecule has 3 N–H and O–H groups in total. The number of benzene rings is 1. The molecule has 2 rings (SSSR count). The van der Waals surface area contributed by atoms with Gasteiger partial charge in [0.05, 0.1) is 7.11 Å². The molecule has 22 heavy (non-hydrogen) atoms. The fourth-order valence-corrected chi connectivity index (χ4v) is 2.83. The third kappa shape index (κ3) is 3.83. The molecule has 0 radical (unpaired) electrons. The molecule has 0 fully saturated rings. The van der Waals surface area contributed by atoms with Crippen LogP contribution in [0.1, 0.15) is 5.56 Å². The number of hydrogen-bond acceptors (Lipinski definition) is 5. The van der Waals surface area contributed by atoms with E-state index in [4.69, 9.17) is 4.74 Å². The van der Waals surface area contributed by atoms with Crippen molar-refractivity contribution in [3.8, 4) is 5.75 Å². The molecule has 0 aliphatic heterocycles. The minimum Gasteiger partial charge on any atom is -0.497 e. The van der Waals surface area contributed by atoms with Gasteiger partial charge in [0.25, 0.3) is 5.56 Å². The van der Waals surface area contributed by atoms with Crippen molar-refractivity contribution in [1.82, 2.24) is 14.7 Å². The molecule has 0 aliphatic rings. The first kappa shape index (κ1) is 16.0. The molecule has 0 spiro atoms. The van der Waals surface area contributed by atoms with Crippen LogP contribution in [0, 0.1) is 0 Å². The maximum Gasteiger partial charge on any atom is 0.325 e. The highest BCUT2D eigenvalue weighted by Gasteiger charge is 2.18. The quantitative estimate of drug-likeness (QED) is 0.667. The zero-order chi connectivity index (χ0) is 16.2. The summed E-state index contributed by atoms with van der Waals surface area (Å²) >= 11 is 0. The summed E-state index contributed by atoms with van der Waals surface area (Å²) in [5, 5.41) is 0. The normalized spacial score (nSPS) is 11.3. The van der Waals surface area contributed by atoms with Crippen molar-refractivity contribution < 1.29 is 13.2 Å². The number of ether oxygens (including phenoxy) is 1. The van der Waals surface area contributed by atoms with Gasteiger partial charge >= 0.3 is 5.69 Å². The van der Waals surface area contributed by atoms with E-state index in [1.54, 1.807) is 19.2 Å². The Balaban J connectivity index is 2.03. The smallest absolute Gasteiger partial charge is 0.325 e. The molecule has 0 aliphatic carbocycles. The van der Waals surface area contributed by atoms with Gasteiger partial charge < -0.3 is 9.72 Å². The van der Waals surface area contributed by atoms with Crippen molar-refractivity contribution in [2.24, 2.45) is 0 Å². The Morgan fingerprint density at radius 3 is 2.45 bits per heavy atom. The molecular formula is C13H15N3O5S. The van der Waals surface area contributed by atoms with Gasteiger partial charge in [0.15, 0.2) is 4.90 Å². The first-order valence-corrected chi connectivity index (χ1v) is 7.85. The molecular weight excluding hydrogens is 310 g/mol. The third-order valence-electron chi connectivity index (χ3n) is 2.94. The number of rotatable bonds is 6. The Bertz CT molecular complexity index is 852. The number of aromatic nitrogens is 2. The molecule has 9 heteroatoms. The summed E-state index contributed by atoms with van der Waals surface area (Å²) in [4.78, 5) is 25.8. The number of hydrogen-bond donors (Lipinski definition) is 3. The maximum absolute atomic E-state index is 12.0. The predicted octanol–water partition coefficient (Wildman–Crippen LogP) is -0.407. The lowest BCUT2D eigenvalue weighted by Gasteiger charge is -2.06. The number of aromatic amines is 2. The molecule has 0 bridgehead atoms. The average Bonchev–Trinajstić information content (AvgIpc) is 2.47. The Hall–Kier alpha value is -2.39. The minimum absolute atomic E-state index is 0.118. The molecule has 0 unspecified atom stereocenters. The molecule has 0 saturated carbocycles. The highest BCUT2D eigenvalue weighted by Crippen LogP contribution is 2.11. The molecule has 1 heterocycles. The lowest BCUT2D eigenvalue weighted by molar-refractivity contribution is 0.414. The Morgan fingerprint density at radius 1 is 1.18 bits per heavy atom. The summed E-state index contributed by atoms with van der Waals surface area (Å²) in [7, 11) is -2.42. The van der Waals surface area contributed by atoms with Crippen LogP contribution in [0.3, 0.4) is 0 Å². The average molecular weight is 325 g/mol. The van der Waals surface area contributed by atoms with Crippen molar-refractivity contribution in [3.05, 3.63) is 56.9 Å². The molecule has 8 nitrogen and oxygen atoms in total. The van der Waals surface area contributed by atoms with E-state index in [9.17, 15) is 18.0 Å². The van der Waals surface area contributed by atoms with Crippen molar-refractivity contribution in [2.75, 3.05) is 13.7 Å². The Labute approximate surface area is 126 Å². The van der Waals surface area contributed by atoms with Crippen LogP contribution in [-0.4, -0.2) is 32.0 Å². The standard InChI is InChI=1S/C13H15N3O5S/c1-21-10-4-2-9(3-5-10)6-7-15-22(19,20)11-8-14-13(18)16-12(11)17/h2-5,8,15H,6-7H2,1H3,(H2,14,16,17,18). The SMILES string of the molecule is COc1ccc(CCNS(=O)(=O)c2c[nH]c(=O)[nH]c2=O)cc1. The van der Waals surface area contributed by atoms with Crippen molar-refractivity contribution in [3.63, 3.8) is 0 Å². The lowest BCUT2D eigenvalue weighted by atomic mass is 10.1. The fourth-order valence-electron chi connectivity index (χ4n) is 1.80. The van der Waals surface area contributed by atoms with Gasteiger partial charge in [0.1, 0.15) is 5.75 Å². The molecule has 0 amide bonds. The van der Waals surface area contributed by atoms with Crippen LogP contribution in [0.25, 0.3) is 0 Å². The summed E-state index contributed by atoms with van der Waals surface area (Å²) in [5.74, 6) is 0.712. The molecule has 1 aromatic heterocycles. The minimum atomic E-state index is -3.98. The van der Waals surface area contributed by atoms with Crippen molar-refractivity contribution in [1.29, 1.82) is 0 Å². The van der Waals surface area contributed by atoms with Gasteiger partial charge in [-0.25, -0.2) is 17.9 Å². The highest BCUT2D eigenvalue weighted by molar-refractivity contribution is 7.89. The van der Waals surface area contributed by atoms with Gasteiger partial charge in [0, 0.05) is 12.7 Å². The van der Waals surface area contributed by atoms with E-state index in [0.717, 1.165) is 11.8 Å². The van der Waals surface area contributed by atoms with E-state index in [2.05, 4.69) is 9.71 Å². The first-order valence-electron chi connectivity index (χ1n) is 6.37. The third-order valence-corrected chi connectivity index (χ3v) is 4.41. The van der Waals surface area contributed by atoms with Gasteiger partial charge in [-0.15, -0.1) is 0 Å². The number of H-pyrrole nitrogens is 2. The number of sulfonamides is 1. The number of methoxy groups -OCH3 is 1. The van der Waals surface area contributed by atoms with Crippen LogP contribution in [0.5, 0.6) is 5.75 Å². The second-order valence-electron chi connectivity index (χ2n) is 4.43. The van der Waals surface area contributed by atoms with Crippen LogP contribution in [0.15, 0.2) is 44.9 Å². The molecule has 118 valence electrons. The summed E-state index contributed by atoms with van der Waals surface area (Å²) in [6, 6.07) is 7.19. The summed E-state index contributed by atoms with van der Waals surface area (Å²) in [6.07, 6.45) is 1.32. The van der Waals surface area contributed by atoms with E-state index >= 15 is 0 Å². The van der Waals surface area contributed by atoms with Gasteiger partial charge in [-0.3, -0.25) is 9.78 Å². The lowest BCUT2D eigenvalue weighted by Crippen LogP contribution is -2.33. The van der Waals surface area contributed by atoms with Gasteiger partial charge in [-0.2, -0.15) is 0 Å². The second-order valence-corrected chi connectivity index (χ2v) is 6.17. The maximum atomic E-state index is 12.0. The monoisotopic (exact) mass is 325 g/mol. The van der Waals surface area contributed by atoms with Crippen LogP contribution in [0.2, 0.25) is 0 Å². The van der Waals surface area contributed by atoms with Gasteiger partial charge in [-0.1, -0.05) is 12.1 Å². The van der Waals surface area contributed by atoms with Gasteiger partial charge in [-0.05, 0) is 24.1 Å². The zero-order valence-electron chi connectivity index (χ0n) is 11.8. The summed E-state index contributed by atoms with van der Waals surface area (Å²) in [5.41, 5.74) is -0.804. The predicted molar refractivity (Wildman–Crippen MR) is 79.6 cm³/mol. The Kier molecular flexibility index (Phi) is 4.78. The highest BCUT2D eigenvalue weighted by atomic mass is 32.2. The summed E-state index contributed by atoms with van der Waals surface area (Å²) in [6.45, 7) is 0.118. The van der Waals surface area contributed by atoms with E-state index < -0.39 is 26.2 Å². The van der Waals surface area contributed by atoms with Crippen molar-refractivity contribution in [2.45, 2.75) is 11.3 Å². The van der Waals surface area contributed by atoms with E-state index in [1.807, 2.05) is 17.1 Å². The van der Waals surface area contributed by atoms with Crippen molar-refractivity contribution >= 4 is 10.0 Å². The molecule has 1 aromatic carbocycles. The van der Waals surface area contributed by atoms with E-state index in [-0.39, 0.29) is 6.54 Å². The molecule has 0 saturated heterocycles. The topological polar surface area (TPSA) is 121 Å². The summed E-state index contributed by atoms with van der Waals surface area (Å²) < 4.78 is 31.3. The van der Waals surface area contributed by atoms with Crippen LogP contribution >= 0.6 is 0 Å². The van der Waals surface area contributed by atoms with E-state index in [0.29, 0.717) is 12.2 Å². The Morgan fingerprint density at radius 2 is 1.86 bits per heavy atom. The molecule has 0 atom stereocenters. The zero-order valence-corrected chi connectivity index (χ0v) is 12.6. The first-order chi connectivity index (χ1) is 10.4.